The molecule has 2 N–H and O–H groups in total. The van der Waals surface area contributed by atoms with E-state index in [0.717, 1.165) is 6.42 Å². The van der Waals surface area contributed by atoms with Crippen molar-refractivity contribution < 1.29 is 9.69 Å². The first-order valence-electron chi connectivity index (χ1n) is 8.44. The molecular weight excluding hydrogens is 355 g/mol. The van der Waals surface area contributed by atoms with Crippen molar-refractivity contribution in [1.82, 2.24) is 0 Å². The molecule has 2 aromatic carbocycles. The van der Waals surface area contributed by atoms with Crippen molar-refractivity contribution in [2.75, 3.05) is 12.4 Å². The predicted octanol–water partition coefficient (Wildman–Crippen LogP) is 3.91. The molecule has 0 bridgehead atoms. The monoisotopic (exact) mass is 377 g/mol. The van der Waals surface area contributed by atoms with Crippen molar-refractivity contribution in [2.24, 2.45) is 0 Å². The van der Waals surface area contributed by atoms with Crippen LogP contribution in [0.4, 0.5) is 5.69 Å². The Morgan fingerprint density at radius 3 is 2.68 bits per heavy atom. The van der Waals surface area contributed by atoms with Gasteiger partial charge in [0.1, 0.15) is 6.04 Å². The molecule has 3 rings (SSSR count). The third-order valence-electron chi connectivity index (χ3n) is 5.25. The maximum atomic E-state index is 12.7. The molecule has 132 valence electrons. The van der Waals surface area contributed by atoms with Crippen LogP contribution in [0.15, 0.2) is 42.5 Å². The van der Waals surface area contributed by atoms with Crippen LogP contribution in [0.25, 0.3) is 0 Å². The lowest BCUT2D eigenvalue weighted by Crippen LogP contribution is -3.18. The summed E-state index contributed by atoms with van der Waals surface area (Å²) >= 11 is 12.1. The van der Waals surface area contributed by atoms with Gasteiger partial charge in [0.05, 0.1) is 29.7 Å². The fraction of sp³-hybridized carbons (Fsp3) is 0.350. The third-order valence-corrected chi connectivity index (χ3v) is 5.80. The molecule has 0 spiro atoms. The van der Waals surface area contributed by atoms with E-state index >= 15 is 0 Å². The van der Waals surface area contributed by atoms with Crippen molar-refractivity contribution in [3.63, 3.8) is 0 Å². The smallest absolute Gasteiger partial charge is 0.230 e. The Morgan fingerprint density at radius 1 is 1.24 bits per heavy atom. The highest BCUT2D eigenvalue weighted by atomic mass is 35.5. The lowest BCUT2D eigenvalue weighted by atomic mass is 9.81. The standard InChI is InChI=1S/C20H22Cl2N2O/c1-20(2)12-13-6-4-5-7-15(13)18(24(20)3)11-19(25)23-17-9-8-14(21)10-16(17)22/h4-10,18H,11-12H2,1-3H3,(H,23,25)/p+1/t18-/m1/s1. The highest BCUT2D eigenvalue weighted by Crippen LogP contribution is 2.29. The molecule has 0 aromatic heterocycles. The number of amides is 1. The fourth-order valence-corrected chi connectivity index (χ4v) is 4.05. The van der Waals surface area contributed by atoms with Gasteiger partial charge in [0.25, 0.3) is 0 Å². The maximum absolute atomic E-state index is 12.7. The maximum Gasteiger partial charge on any atom is 0.230 e. The Labute approximate surface area is 158 Å². The Kier molecular flexibility index (Phi) is 5.10. The second kappa shape index (κ2) is 6.99. The van der Waals surface area contributed by atoms with Gasteiger partial charge in [-0.25, -0.2) is 0 Å². The van der Waals surface area contributed by atoms with Crippen LogP contribution in [0.5, 0.6) is 0 Å². The molecule has 3 nitrogen and oxygen atoms in total. The molecule has 1 amide bonds. The van der Waals surface area contributed by atoms with Crippen LogP contribution in [0.1, 0.15) is 37.4 Å². The van der Waals surface area contributed by atoms with Gasteiger partial charge >= 0.3 is 0 Å². The number of nitrogens with one attached hydrogen (secondary N) is 2. The zero-order valence-electron chi connectivity index (χ0n) is 14.7. The summed E-state index contributed by atoms with van der Waals surface area (Å²) in [5.74, 6) is -0.0407. The average Bonchev–Trinajstić information content (AvgIpc) is 2.54. The number of rotatable bonds is 3. The molecule has 0 aliphatic carbocycles. The van der Waals surface area contributed by atoms with E-state index in [4.69, 9.17) is 23.2 Å². The van der Waals surface area contributed by atoms with Gasteiger partial charge in [0.2, 0.25) is 5.91 Å². The first kappa shape index (κ1) is 18.2. The summed E-state index contributed by atoms with van der Waals surface area (Å²) in [5, 5.41) is 3.92. The Hall–Kier alpha value is -1.55. The number of carbonyl (C=O) groups excluding carboxylic acids is 1. The van der Waals surface area contributed by atoms with Crippen molar-refractivity contribution in [3.8, 4) is 0 Å². The van der Waals surface area contributed by atoms with E-state index in [-0.39, 0.29) is 17.5 Å². The Balaban J connectivity index is 1.82. The number of halogens is 2. The van der Waals surface area contributed by atoms with E-state index in [1.165, 1.54) is 16.0 Å². The van der Waals surface area contributed by atoms with Crippen molar-refractivity contribution in [1.29, 1.82) is 0 Å². The molecule has 1 unspecified atom stereocenters. The van der Waals surface area contributed by atoms with Gasteiger partial charge in [0.15, 0.2) is 0 Å². The molecule has 1 aliphatic heterocycles. The van der Waals surface area contributed by atoms with E-state index in [1.54, 1.807) is 18.2 Å². The zero-order valence-corrected chi connectivity index (χ0v) is 16.2. The van der Waals surface area contributed by atoms with Crippen LogP contribution in [0.3, 0.4) is 0 Å². The number of benzene rings is 2. The number of likely N-dealkylation sites (N-methyl/N-ethyl adjacent to an activating group) is 1. The lowest BCUT2D eigenvalue weighted by Gasteiger charge is -2.43. The molecule has 1 heterocycles. The van der Waals surface area contributed by atoms with Crippen LogP contribution in [-0.4, -0.2) is 18.5 Å². The number of quaternary nitrogens is 1. The predicted molar refractivity (Wildman–Crippen MR) is 104 cm³/mol. The Bertz CT molecular complexity index is 804. The second-order valence-corrected chi connectivity index (χ2v) is 8.22. The quantitative estimate of drug-likeness (QED) is 0.834. The molecule has 2 aromatic rings. The minimum atomic E-state index is -0.0407. The number of fused-ring (bicyclic) bond motifs is 1. The number of anilines is 1. The lowest BCUT2D eigenvalue weighted by molar-refractivity contribution is -0.962. The van der Waals surface area contributed by atoms with Crippen LogP contribution in [-0.2, 0) is 11.2 Å². The second-order valence-electron chi connectivity index (χ2n) is 7.37. The van der Waals surface area contributed by atoms with E-state index in [0.29, 0.717) is 22.2 Å². The van der Waals surface area contributed by atoms with Gasteiger partial charge in [-0.2, -0.15) is 0 Å². The van der Waals surface area contributed by atoms with Gasteiger partial charge < -0.3 is 10.2 Å². The van der Waals surface area contributed by atoms with Gasteiger partial charge in [-0.3, -0.25) is 4.79 Å². The minimum absolute atomic E-state index is 0.0407. The van der Waals surface area contributed by atoms with Crippen molar-refractivity contribution in [3.05, 3.63) is 63.6 Å². The molecule has 5 heteroatoms. The summed E-state index contributed by atoms with van der Waals surface area (Å²) in [6.07, 6.45) is 1.42. The molecule has 2 atom stereocenters. The zero-order chi connectivity index (χ0) is 18.2. The van der Waals surface area contributed by atoms with Gasteiger partial charge in [-0.05, 0) is 37.6 Å². The summed E-state index contributed by atoms with van der Waals surface area (Å²) < 4.78 is 0. The van der Waals surface area contributed by atoms with Gasteiger partial charge in [-0.1, -0.05) is 47.5 Å². The van der Waals surface area contributed by atoms with Crippen LogP contribution in [0, 0.1) is 0 Å². The topological polar surface area (TPSA) is 33.5 Å². The summed E-state index contributed by atoms with van der Waals surface area (Å²) in [7, 11) is 2.17. The highest BCUT2D eigenvalue weighted by Gasteiger charge is 2.41. The SMILES string of the molecule is C[NH+]1[C@H](CC(=O)Nc2ccc(Cl)cc2Cl)c2ccccc2CC1(C)C. The van der Waals surface area contributed by atoms with Crippen LogP contribution >= 0.6 is 23.2 Å². The number of carbonyl (C=O) groups is 1. The molecule has 1 aliphatic rings. The Morgan fingerprint density at radius 2 is 1.96 bits per heavy atom. The summed E-state index contributed by atoms with van der Waals surface area (Å²) in [5.41, 5.74) is 3.27. The molecule has 0 saturated heterocycles. The molecule has 25 heavy (non-hydrogen) atoms. The summed E-state index contributed by atoms with van der Waals surface area (Å²) in [6, 6.07) is 13.6. The first-order chi connectivity index (χ1) is 11.8. The first-order valence-corrected chi connectivity index (χ1v) is 9.20. The number of hydrogen-bond donors (Lipinski definition) is 2. The molecule has 0 fully saturated rings. The molecule has 0 saturated carbocycles. The summed E-state index contributed by atoms with van der Waals surface area (Å²) in [4.78, 5) is 14.0. The van der Waals surface area contributed by atoms with Crippen molar-refractivity contribution >= 4 is 34.8 Å². The van der Waals surface area contributed by atoms with Gasteiger partial charge in [0, 0.05) is 17.0 Å². The average molecular weight is 378 g/mol. The highest BCUT2D eigenvalue weighted by molar-refractivity contribution is 6.36. The molecule has 0 radical (unpaired) electrons. The normalized spacial score (nSPS) is 21.5. The molecular formula is C20H23Cl2N2O+. The largest absolute Gasteiger partial charge is 0.326 e. The van der Waals surface area contributed by atoms with Crippen LogP contribution < -0.4 is 10.2 Å². The summed E-state index contributed by atoms with van der Waals surface area (Å²) in [6.45, 7) is 4.50. The van der Waals surface area contributed by atoms with E-state index in [9.17, 15) is 4.79 Å². The van der Waals surface area contributed by atoms with Crippen LogP contribution in [0.2, 0.25) is 10.0 Å². The fourth-order valence-electron chi connectivity index (χ4n) is 3.60. The van der Waals surface area contributed by atoms with Gasteiger partial charge in [-0.15, -0.1) is 0 Å². The number of hydrogen-bond acceptors (Lipinski definition) is 1. The minimum Gasteiger partial charge on any atom is -0.326 e. The van der Waals surface area contributed by atoms with E-state index in [1.807, 2.05) is 6.07 Å². The van der Waals surface area contributed by atoms with E-state index < -0.39 is 0 Å². The third kappa shape index (κ3) is 3.84. The van der Waals surface area contributed by atoms with E-state index in [2.05, 4.69) is 44.4 Å². The van der Waals surface area contributed by atoms with Crippen molar-refractivity contribution in [2.45, 2.75) is 38.3 Å².